The normalized spacial score (nSPS) is 24.6. The number of rotatable bonds is 4. The van der Waals surface area contributed by atoms with Crippen LogP contribution < -0.4 is 0 Å². The molecule has 1 fully saturated rings. The zero-order valence-corrected chi connectivity index (χ0v) is 13.9. The first kappa shape index (κ1) is 15.1. The molecule has 1 saturated carbocycles. The third-order valence-electron chi connectivity index (χ3n) is 5.29. The van der Waals surface area contributed by atoms with Gasteiger partial charge in [0.25, 0.3) is 0 Å². The van der Waals surface area contributed by atoms with E-state index >= 15 is 0 Å². The molecule has 21 heavy (non-hydrogen) atoms. The van der Waals surface area contributed by atoms with Gasteiger partial charge in [-0.2, -0.15) is 0 Å². The lowest BCUT2D eigenvalue weighted by molar-refractivity contribution is 0.0678. The highest BCUT2D eigenvalue weighted by Crippen LogP contribution is 2.36. The van der Waals surface area contributed by atoms with Crippen LogP contribution in [0.15, 0.2) is 29.6 Å². The van der Waals surface area contributed by atoms with Crippen molar-refractivity contribution < 1.29 is 5.11 Å². The molecule has 1 unspecified atom stereocenters. The lowest BCUT2D eigenvalue weighted by Gasteiger charge is -2.33. The van der Waals surface area contributed by atoms with Crippen LogP contribution >= 0.6 is 11.3 Å². The Labute approximate surface area is 132 Å². The van der Waals surface area contributed by atoms with Crippen LogP contribution in [0.25, 0.3) is 10.1 Å². The average Bonchev–Trinajstić information content (AvgIpc) is 2.91. The fourth-order valence-corrected chi connectivity index (χ4v) is 4.75. The number of aliphatic hydroxyl groups is 1. The van der Waals surface area contributed by atoms with E-state index in [0.29, 0.717) is 5.92 Å². The smallest absolute Gasteiger partial charge is 0.0609 e. The molecule has 1 heterocycles. The summed E-state index contributed by atoms with van der Waals surface area (Å²) in [7, 11) is 0. The molecule has 0 saturated heterocycles. The van der Waals surface area contributed by atoms with Gasteiger partial charge >= 0.3 is 0 Å². The van der Waals surface area contributed by atoms with E-state index < -0.39 is 0 Å². The zero-order valence-electron chi connectivity index (χ0n) is 13.1. The Hall–Kier alpha value is -0.860. The molecule has 1 aliphatic carbocycles. The molecule has 1 atom stereocenters. The standard InChI is InChI=1S/C19H26OS/c1-13(2)14-7-9-15(10-8-14)18(20)11-16-12-21-19-6-4-3-5-17(16)19/h3-6,12-15,18,20H,7-11H2,1-2H3. The monoisotopic (exact) mass is 302 g/mol. The lowest BCUT2D eigenvalue weighted by Crippen LogP contribution is -2.28. The summed E-state index contributed by atoms with van der Waals surface area (Å²) in [5.41, 5.74) is 1.33. The molecule has 1 aromatic carbocycles. The second-order valence-corrected chi connectivity index (χ2v) is 7.86. The second-order valence-electron chi connectivity index (χ2n) is 6.95. The largest absolute Gasteiger partial charge is 0.392 e. The molecule has 0 spiro atoms. The summed E-state index contributed by atoms with van der Waals surface area (Å²) >= 11 is 1.80. The van der Waals surface area contributed by atoms with Gasteiger partial charge in [-0.3, -0.25) is 0 Å². The molecular formula is C19H26OS. The fourth-order valence-electron chi connectivity index (χ4n) is 3.78. The van der Waals surface area contributed by atoms with Gasteiger partial charge in [-0.25, -0.2) is 0 Å². The van der Waals surface area contributed by atoms with Crippen LogP contribution in [0, 0.1) is 17.8 Å². The molecule has 0 bridgehead atoms. The molecule has 1 N–H and O–H groups in total. The van der Waals surface area contributed by atoms with Gasteiger partial charge in [0.2, 0.25) is 0 Å². The van der Waals surface area contributed by atoms with Crippen molar-refractivity contribution in [2.75, 3.05) is 0 Å². The van der Waals surface area contributed by atoms with Crippen molar-refractivity contribution in [1.29, 1.82) is 0 Å². The minimum atomic E-state index is -0.170. The van der Waals surface area contributed by atoms with Crippen LogP contribution in [0.4, 0.5) is 0 Å². The van der Waals surface area contributed by atoms with Crippen LogP contribution in [0.2, 0.25) is 0 Å². The first-order chi connectivity index (χ1) is 10.1. The van der Waals surface area contributed by atoms with Gasteiger partial charge in [-0.1, -0.05) is 32.0 Å². The Morgan fingerprint density at radius 3 is 2.48 bits per heavy atom. The molecule has 0 radical (unpaired) electrons. The Balaban J connectivity index is 1.63. The van der Waals surface area contributed by atoms with Gasteiger partial charge in [0.15, 0.2) is 0 Å². The molecular weight excluding hydrogens is 276 g/mol. The van der Waals surface area contributed by atoms with Gasteiger partial charge in [0.05, 0.1) is 6.10 Å². The SMILES string of the molecule is CC(C)C1CCC(C(O)Cc2csc3ccccc23)CC1. The third kappa shape index (κ3) is 3.32. The first-order valence-corrected chi connectivity index (χ1v) is 9.16. The Kier molecular flexibility index (Phi) is 4.66. The van der Waals surface area contributed by atoms with Gasteiger partial charge in [-0.15, -0.1) is 11.3 Å². The average molecular weight is 302 g/mol. The van der Waals surface area contributed by atoms with Crippen LogP contribution in [0.5, 0.6) is 0 Å². The number of aliphatic hydroxyl groups excluding tert-OH is 1. The number of hydrogen-bond donors (Lipinski definition) is 1. The van der Waals surface area contributed by atoms with E-state index in [1.807, 2.05) is 0 Å². The van der Waals surface area contributed by atoms with E-state index in [2.05, 4.69) is 43.5 Å². The number of fused-ring (bicyclic) bond motifs is 1. The van der Waals surface area contributed by atoms with Gasteiger partial charge in [-0.05, 0) is 65.8 Å². The molecule has 2 aromatic rings. The molecule has 1 nitrogen and oxygen atoms in total. The molecule has 2 heteroatoms. The highest BCUT2D eigenvalue weighted by Gasteiger charge is 2.28. The second kappa shape index (κ2) is 6.50. The van der Waals surface area contributed by atoms with Crippen molar-refractivity contribution in [3.05, 3.63) is 35.2 Å². The first-order valence-electron chi connectivity index (χ1n) is 8.28. The maximum absolute atomic E-state index is 10.6. The number of thiophene rings is 1. The fraction of sp³-hybridized carbons (Fsp3) is 0.579. The summed E-state index contributed by atoms with van der Waals surface area (Å²) in [4.78, 5) is 0. The van der Waals surface area contributed by atoms with E-state index in [9.17, 15) is 5.11 Å². The van der Waals surface area contributed by atoms with E-state index in [1.165, 1.54) is 41.3 Å². The minimum absolute atomic E-state index is 0.170. The molecule has 114 valence electrons. The minimum Gasteiger partial charge on any atom is -0.392 e. The van der Waals surface area contributed by atoms with E-state index in [-0.39, 0.29) is 6.10 Å². The Morgan fingerprint density at radius 2 is 1.76 bits per heavy atom. The summed E-state index contributed by atoms with van der Waals surface area (Å²) in [5, 5.41) is 14.2. The topological polar surface area (TPSA) is 20.2 Å². The zero-order chi connectivity index (χ0) is 14.8. The van der Waals surface area contributed by atoms with Gasteiger partial charge < -0.3 is 5.11 Å². The molecule has 0 amide bonds. The molecule has 3 rings (SSSR count). The Morgan fingerprint density at radius 1 is 1.10 bits per heavy atom. The lowest BCUT2D eigenvalue weighted by atomic mass is 9.74. The highest BCUT2D eigenvalue weighted by atomic mass is 32.1. The number of benzene rings is 1. The maximum atomic E-state index is 10.6. The van der Waals surface area contributed by atoms with Gasteiger partial charge in [0, 0.05) is 11.1 Å². The Bertz CT molecular complexity index is 578. The van der Waals surface area contributed by atoms with E-state index in [4.69, 9.17) is 0 Å². The predicted octanol–water partition coefficient (Wildman–Crippen LogP) is 5.27. The van der Waals surface area contributed by atoms with Gasteiger partial charge in [0.1, 0.15) is 0 Å². The quantitative estimate of drug-likeness (QED) is 0.816. The van der Waals surface area contributed by atoms with Crippen LogP contribution in [-0.4, -0.2) is 11.2 Å². The van der Waals surface area contributed by atoms with Crippen LogP contribution in [0.3, 0.4) is 0 Å². The predicted molar refractivity (Wildman–Crippen MR) is 91.8 cm³/mol. The van der Waals surface area contributed by atoms with Crippen LogP contribution in [-0.2, 0) is 6.42 Å². The van der Waals surface area contributed by atoms with Crippen LogP contribution in [0.1, 0.15) is 45.1 Å². The molecule has 1 aromatic heterocycles. The molecule has 1 aliphatic rings. The summed E-state index contributed by atoms with van der Waals surface area (Å²) in [5.74, 6) is 2.16. The maximum Gasteiger partial charge on any atom is 0.0609 e. The summed E-state index contributed by atoms with van der Waals surface area (Å²) < 4.78 is 1.34. The van der Waals surface area contributed by atoms with Crippen molar-refractivity contribution in [1.82, 2.24) is 0 Å². The van der Waals surface area contributed by atoms with Crippen molar-refractivity contribution in [3.8, 4) is 0 Å². The summed E-state index contributed by atoms with van der Waals surface area (Å²) in [6, 6.07) is 8.54. The van der Waals surface area contributed by atoms with Crippen molar-refractivity contribution >= 4 is 21.4 Å². The molecule has 0 aliphatic heterocycles. The summed E-state index contributed by atoms with van der Waals surface area (Å²) in [6.45, 7) is 4.66. The van der Waals surface area contributed by atoms with Crippen molar-refractivity contribution in [3.63, 3.8) is 0 Å². The summed E-state index contributed by atoms with van der Waals surface area (Å²) in [6.07, 6.45) is 5.64. The third-order valence-corrected chi connectivity index (χ3v) is 6.31. The van der Waals surface area contributed by atoms with E-state index in [0.717, 1.165) is 18.3 Å². The highest BCUT2D eigenvalue weighted by molar-refractivity contribution is 7.17. The van der Waals surface area contributed by atoms with Crippen molar-refractivity contribution in [2.45, 2.75) is 52.1 Å². The van der Waals surface area contributed by atoms with Crippen molar-refractivity contribution in [2.24, 2.45) is 17.8 Å². The number of hydrogen-bond acceptors (Lipinski definition) is 2. The van der Waals surface area contributed by atoms with E-state index in [1.54, 1.807) is 11.3 Å².